The summed E-state index contributed by atoms with van der Waals surface area (Å²) in [6.45, 7) is 0. The van der Waals surface area contributed by atoms with Crippen LogP contribution >= 0.6 is 0 Å². The van der Waals surface area contributed by atoms with Crippen LogP contribution in [0.25, 0.3) is 0 Å². The number of benzene rings is 3. The summed E-state index contributed by atoms with van der Waals surface area (Å²) in [5.74, 6) is -0.291. The molecule has 3 aromatic rings. The van der Waals surface area contributed by atoms with Gasteiger partial charge in [-0.25, -0.2) is 4.79 Å². The van der Waals surface area contributed by atoms with Crippen molar-refractivity contribution in [3.05, 3.63) is 90.0 Å². The fraction of sp³-hybridized carbons (Fsp3) is 0. The third kappa shape index (κ3) is 4.03. The molecule has 0 unspecified atom stereocenters. The van der Waals surface area contributed by atoms with Gasteiger partial charge in [-0.15, -0.1) is 0 Å². The van der Waals surface area contributed by atoms with Crippen molar-refractivity contribution < 1.29 is 19.4 Å². The summed E-state index contributed by atoms with van der Waals surface area (Å²) in [4.78, 5) is 23.2. The van der Waals surface area contributed by atoms with Gasteiger partial charge >= 0.3 is 5.97 Å². The molecule has 3 aromatic carbocycles. The van der Waals surface area contributed by atoms with E-state index in [-0.39, 0.29) is 11.5 Å². The summed E-state index contributed by atoms with van der Waals surface area (Å²) < 4.78 is 5.77. The topological polar surface area (TPSA) is 75.6 Å². The lowest BCUT2D eigenvalue weighted by molar-refractivity contribution is 0.0696. The molecule has 0 radical (unpaired) electrons. The highest BCUT2D eigenvalue weighted by atomic mass is 16.5. The van der Waals surface area contributed by atoms with Crippen LogP contribution in [0.1, 0.15) is 20.7 Å². The van der Waals surface area contributed by atoms with Crippen molar-refractivity contribution in [1.29, 1.82) is 0 Å². The van der Waals surface area contributed by atoms with Gasteiger partial charge in [-0.3, -0.25) is 4.79 Å². The fourth-order valence-corrected chi connectivity index (χ4v) is 2.24. The lowest BCUT2D eigenvalue weighted by Gasteiger charge is -2.12. The molecule has 3 rings (SSSR count). The number of para-hydroxylation sites is 2. The number of anilines is 1. The van der Waals surface area contributed by atoms with Gasteiger partial charge in [0.1, 0.15) is 5.75 Å². The maximum Gasteiger partial charge on any atom is 0.335 e. The Morgan fingerprint density at radius 3 is 2.08 bits per heavy atom. The van der Waals surface area contributed by atoms with Gasteiger partial charge in [0.05, 0.1) is 11.3 Å². The van der Waals surface area contributed by atoms with E-state index in [2.05, 4.69) is 5.32 Å². The number of carboxylic acid groups (broad SMARTS) is 1. The molecule has 0 aromatic heterocycles. The minimum absolute atomic E-state index is 0.179. The first-order valence-electron chi connectivity index (χ1n) is 7.60. The standard InChI is InChI=1S/C20H15NO4/c22-19(14-6-2-1-3-7-14)21-17-8-4-5-9-18(17)25-16-12-10-15(11-13-16)20(23)24/h1-13H,(H,21,22)(H,23,24). The van der Waals surface area contributed by atoms with E-state index in [9.17, 15) is 9.59 Å². The van der Waals surface area contributed by atoms with Crippen molar-refractivity contribution >= 4 is 17.6 Å². The predicted octanol–water partition coefficient (Wildman–Crippen LogP) is 4.43. The second kappa shape index (κ2) is 7.31. The highest BCUT2D eigenvalue weighted by molar-refractivity contribution is 6.05. The number of nitrogens with one attached hydrogen (secondary N) is 1. The van der Waals surface area contributed by atoms with Crippen LogP contribution in [-0.2, 0) is 0 Å². The minimum Gasteiger partial charge on any atom is -0.478 e. The van der Waals surface area contributed by atoms with Crippen LogP contribution in [-0.4, -0.2) is 17.0 Å². The molecular formula is C20H15NO4. The number of ether oxygens (including phenoxy) is 1. The van der Waals surface area contributed by atoms with Crippen LogP contribution in [0.3, 0.4) is 0 Å². The summed E-state index contributed by atoms with van der Waals surface area (Å²) in [5, 5.41) is 11.7. The molecular weight excluding hydrogens is 318 g/mol. The van der Waals surface area contributed by atoms with Crippen LogP contribution in [0, 0.1) is 0 Å². The number of amides is 1. The predicted molar refractivity (Wildman–Crippen MR) is 94.3 cm³/mol. The van der Waals surface area contributed by atoms with Gasteiger partial charge in [0.2, 0.25) is 0 Å². The molecule has 0 aliphatic rings. The van der Waals surface area contributed by atoms with E-state index in [0.29, 0.717) is 22.7 Å². The lowest BCUT2D eigenvalue weighted by Crippen LogP contribution is -2.12. The van der Waals surface area contributed by atoms with Gasteiger partial charge in [0, 0.05) is 5.56 Å². The van der Waals surface area contributed by atoms with E-state index in [1.165, 1.54) is 12.1 Å². The third-order valence-electron chi connectivity index (χ3n) is 3.50. The maximum absolute atomic E-state index is 12.3. The molecule has 0 atom stereocenters. The highest BCUT2D eigenvalue weighted by Crippen LogP contribution is 2.29. The Hall–Kier alpha value is -3.60. The molecule has 5 heteroatoms. The van der Waals surface area contributed by atoms with E-state index in [1.54, 1.807) is 60.7 Å². The van der Waals surface area contributed by atoms with E-state index < -0.39 is 5.97 Å². The molecule has 25 heavy (non-hydrogen) atoms. The molecule has 0 spiro atoms. The molecule has 0 saturated heterocycles. The number of rotatable bonds is 5. The molecule has 0 bridgehead atoms. The second-order valence-electron chi connectivity index (χ2n) is 5.25. The Morgan fingerprint density at radius 2 is 1.40 bits per heavy atom. The molecule has 0 fully saturated rings. The summed E-state index contributed by atoms with van der Waals surface area (Å²) in [5.41, 5.74) is 1.25. The molecule has 124 valence electrons. The Bertz CT molecular complexity index is 889. The number of aromatic carboxylic acids is 1. The van der Waals surface area contributed by atoms with Crippen molar-refractivity contribution in [2.24, 2.45) is 0 Å². The Labute approximate surface area is 144 Å². The number of hydrogen-bond donors (Lipinski definition) is 2. The van der Waals surface area contributed by atoms with E-state index >= 15 is 0 Å². The van der Waals surface area contributed by atoms with Crippen LogP contribution in [0.4, 0.5) is 5.69 Å². The average Bonchev–Trinajstić information content (AvgIpc) is 2.64. The zero-order chi connectivity index (χ0) is 17.6. The average molecular weight is 333 g/mol. The zero-order valence-corrected chi connectivity index (χ0v) is 13.2. The van der Waals surface area contributed by atoms with Crippen molar-refractivity contribution in [3.63, 3.8) is 0 Å². The normalized spacial score (nSPS) is 10.1. The highest BCUT2D eigenvalue weighted by Gasteiger charge is 2.10. The number of carbonyl (C=O) groups excluding carboxylic acids is 1. The van der Waals surface area contributed by atoms with Gasteiger partial charge in [-0.2, -0.15) is 0 Å². The summed E-state index contributed by atoms with van der Waals surface area (Å²) >= 11 is 0. The molecule has 0 aliphatic heterocycles. The number of hydrogen-bond acceptors (Lipinski definition) is 3. The number of carbonyl (C=O) groups is 2. The van der Waals surface area contributed by atoms with E-state index in [4.69, 9.17) is 9.84 Å². The first kappa shape index (κ1) is 16.3. The summed E-state index contributed by atoms with van der Waals surface area (Å²) in [6.07, 6.45) is 0. The molecule has 0 aliphatic carbocycles. The van der Waals surface area contributed by atoms with Crippen molar-refractivity contribution in [1.82, 2.24) is 0 Å². The van der Waals surface area contributed by atoms with E-state index in [1.807, 2.05) is 6.07 Å². The van der Waals surface area contributed by atoms with Gasteiger partial charge < -0.3 is 15.2 Å². The first-order valence-corrected chi connectivity index (χ1v) is 7.60. The summed E-state index contributed by atoms with van der Waals surface area (Å²) in [6, 6.07) is 22.0. The largest absolute Gasteiger partial charge is 0.478 e. The maximum atomic E-state index is 12.3. The van der Waals surface area contributed by atoms with Crippen LogP contribution in [0.2, 0.25) is 0 Å². The minimum atomic E-state index is -0.998. The van der Waals surface area contributed by atoms with Gasteiger partial charge in [0.15, 0.2) is 5.75 Å². The lowest BCUT2D eigenvalue weighted by atomic mass is 10.2. The van der Waals surface area contributed by atoms with Crippen molar-refractivity contribution in [2.75, 3.05) is 5.32 Å². The Kier molecular flexibility index (Phi) is 4.76. The van der Waals surface area contributed by atoms with Gasteiger partial charge in [-0.05, 0) is 48.5 Å². The number of carboxylic acids is 1. The van der Waals surface area contributed by atoms with Crippen LogP contribution in [0.5, 0.6) is 11.5 Å². The zero-order valence-electron chi connectivity index (χ0n) is 13.2. The Morgan fingerprint density at radius 1 is 0.760 bits per heavy atom. The van der Waals surface area contributed by atoms with E-state index in [0.717, 1.165) is 0 Å². The van der Waals surface area contributed by atoms with Gasteiger partial charge in [0.25, 0.3) is 5.91 Å². The molecule has 2 N–H and O–H groups in total. The second-order valence-corrected chi connectivity index (χ2v) is 5.25. The molecule has 1 amide bonds. The first-order chi connectivity index (χ1) is 12.1. The third-order valence-corrected chi connectivity index (χ3v) is 3.50. The monoisotopic (exact) mass is 333 g/mol. The molecule has 0 heterocycles. The SMILES string of the molecule is O=C(O)c1ccc(Oc2ccccc2NC(=O)c2ccccc2)cc1. The van der Waals surface area contributed by atoms with Crippen molar-refractivity contribution in [3.8, 4) is 11.5 Å². The smallest absolute Gasteiger partial charge is 0.335 e. The molecule has 5 nitrogen and oxygen atoms in total. The summed E-state index contributed by atoms with van der Waals surface area (Å²) in [7, 11) is 0. The van der Waals surface area contributed by atoms with Crippen LogP contribution in [0.15, 0.2) is 78.9 Å². The quantitative estimate of drug-likeness (QED) is 0.724. The fourth-order valence-electron chi connectivity index (χ4n) is 2.24. The van der Waals surface area contributed by atoms with Crippen molar-refractivity contribution in [2.45, 2.75) is 0 Å². The Balaban J connectivity index is 1.79. The van der Waals surface area contributed by atoms with Gasteiger partial charge in [-0.1, -0.05) is 30.3 Å². The molecule has 0 saturated carbocycles. The van der Waals surface area contributed by atoms with Crippen LogP contribution < -0.4 is 10.1 Å².